The summed E-state index contributed by atoms with van der Waals surface area (Å²) < 4.78 is 16.1. The van der Waals surface area contributed by atoms with Gasteiger partial charge in [0.05, 0.1) is 16.1 Å². The molecule has 0 saturated carbocycles. The van der Waals surface area contributed by atoms with Gasteiger partial charge in [0.15, 0.2) is 4.77 Å². The number of aromatic nitrogens is 2. The van der Waals surface area contributed by atoms with Crippen molar-refractivity contribution in [3.63, 3.8) is 0 Å². The summed E-state index contributed by atoms with van der Waals surface area (Å²) in [6.07, 6.45) is 2.07. The van der Waals surface area contributed by atoms with E-state index in [4.69, 9.17) is 23.8 Å². The number of hydrogen-bond acceptors (Lipinski definition) is 1. The number of halogens is 2. The summed E-state index contributed by atoms with van der Waals surface area (Å²) in [6.45, 7) is 4.20. The van der Waals surface area contributed by atoms with Crippen LogP contribution in [0.4, 0.5) is 4.39 Å². The fourth-order valence-corrected chi connectivity index (χ4v) is 2.66. The van der Waals surface area contributed by atoms with Gasteiger partial charge in [-0.05, 0) is 31.6 Å². The Hall–Kier alpha value is -0.870. The number of nitrogens with one attached hydrogen (secondary N) is 1. The molecule has 2 aromatic rings. The van der Waals surface area contributed by atoms with Crippen molar-refractivity contribution in [1.29, 1.82) is 0 Å². The molecule has 0 bridgehead atoms. The van der Waals surface area contributed by atoms with E-state index >= 15 is 0 Å². The van der Waals surface area contributed by atoms with Crippen molar-refractivity contribution in [3.8, 4) is 0 Å². The molecule has 1 unspecified atom stereocenters. The molecular weight excluding hydrogens is 259 g/mol. The molecule has 1 heterocycles. The quantitative estimate of drug-likeness (QED) is 0.792. The van der Waals surface area contributed by atoms with Crippen LogP contribution in [0.15, 0.2) is 12.1 Å². The van der Waals surface area contributed by atoms with Crippen molar-refractivity contribution in [2.75, 3.05) is 0 Å². The van der Waals surface area contributed by atoms with Gasteiger partial charge in [-0.25, -0.2) is 4.39 Å². The number of fused-ring (bicyclic) bond motifs is 1. The van der Waals surface area contributed by atoms with Gasteiger partial charge in [-0.15, -0.1) is 0 Å². The maximum absolute atomic E-state index is 13.5. The highest BCUT2D eigenvalue weighted by Gasteiger charge is 2.12. The molecular formula is C12H14ClFN2S. The van der Waals surface area contributed by atoms with Crippen molar-refractivity contribution in [1.82, 2.24) is 9.55 Å². The van der Waals surface area contributed by atoms with Gasteiger partial charge in [-0.2, -0.15) is 0 Å². The molecule has 1 N–H and O–H groups in total. The van der Waals surface area contributed by atoms with Crippen LogP contribution in [-0.2, 0) is 0 Å². The zero-order chi connectivity index (χ0) is 12.6. The Morgan fingerprint density at radius 1 is 1.53 bits per heavy atom. The lowest BCUT2D eigenvalue weighted by Crippen LogP contribution is -2.04. The summed E-state index contributed by atoms with van der Waals surface area (Å²) in [5.74, 6) is -0.411. The molecule has 0 aliphatic carbocycles. The first-order valence-corrected chi connectivity index (χ1v) is 6.42. The summed E-state index contributed by atoms with van der Waals surface area (Å²) in [5.41, 5.74) is 1.56. The van der Waals surface area contributed by atoms with Gasteiger partial charge < -0.3 is 9.55 Å². The molecule has 1 atom stereocenters. The normalized spacial score (nSPS) is 13.2. The fraction of sp³-hybridized carbons (Fsp3) is 0.417. The van der Waals surface area contributed by atoms with Gasteiger partial charge in [0.25, 0.3) is 0 Å². The Labute approximate surface area is 109 Å². The topological polar surface area (TPSA) is 20.7 Å². The molecule has 1 aromatic carbocycles. The third-order valence-corrected chi connectivity index (χ3v) is 3.49. The number of rotatable bonds is 3. The van der Waals surface area contributed by atoms with Gasteiger partial charge >= 0.3 is 0 Å². The number of imidazole rings is 1. The predicted molar refractivity (Wildman–Crippen MR) is 71.7 cm³/mol. The predicted octanol–water partition coefficient (Wildman–Crippen LogP) is 4.85. The van der Waals surface area contributed by atoms with E-state index in [1.807, 2.05) is 4.57 Å². The van der Waals surface area contributed by atoms with E-state index < -0.39 is 5.82 Å². The highest BCUT2D eigenvalue weighted by Crippen LogP contribution is 2.26. The largest absolute Gasteiger partial charge is 0.331 e. The van der Waals surface area contributed by atoms with Crippen LogP contribution in [0.1, 0.15) is 32.7 Å². The average Bonchev–Trinajstić information content (AvgIpc) is 2.55. The summed E-state index contributed by atoms with van der Waals surface area (Å²) in [4.78, 5) is 3.06. The summed E-state index contributed by atoms with van der Waals surface area (Å²) in [5, 5.41) is 0.115. The molecule has 0 aliphatic heterocycles. The van der Waals surface area contributed by atoms with Gasteiger partial charge in [-0.1, -0.05) is 24.9 Å². The van der Waals surface area contributed by atoms with E-state index in [2.05, 4.69) is 18.8 Å². The van der Waals surface area contributed by atoms with Crippen molar-refractivity contribution < 1.29 is 4.39 Å². The Morgan fingerprint density at radius 3 is 2.88 bits per heavy atom. The molecule has 1 aromatic heterocycles. The van der Waals surface area contributed by atoms with E-state index in [0.29, 0.717) is 4.77 Å². The Balaban J connectivity index is 2.66. The van der Waals surface area contributed by atoms with Gasteiger partial charge in [-0.3, -0.25) is 0 Å². The molecule has 0 saturated heterocycles. The summed E-state index contributed by atoms with van der Waals surface area (Å²) >= 11 is 11.0. The molecule has 2 nitrogen and oxygen atoms in total. The molecule has 0 amide bonds. The van der Waals surface area contributed by atoms with Crippen molar-refractivity contribution in [2.45, 2.75) is 32.7 Å². The standard InChI is InChI=1S/C12H14ClFN2S/c1-3-4-7(2)16-11-6-9(14)8(13)5-10(11)15-12(16)17/h5-7H,3-4H2,1-2H3,(H,15,17). The maximum Gasteiger partial charge on any atom is 0.178 e. The first-order valence-electron chi connectivity index (χ1n) is 5.63. The van der Waals surface area contributed by atoms with Crippen LogP contribution in [0.2, 0.25) is 5.02 Å². The number of benzene rings is 1. The highest BCUT2D eigenvalue weighted by atomic mass is 35.5. The van der Waals surface area contributed by atoms with Crippen LogP contribution in [0.5, 0.6) is 0 Å². The van der Waals surface area contributed by atoms with Crippen LogP contribution in [-0.4, -0.2) is 9.55 Å². The zero-order valence-corrected chi connectivity index (χ0v) is 11.3. The molecule has 0 fully saturated rings. The monoisotopic (exact) mass is 272 g/mol. The first-order chi connectivity index (χ1) is 8.04. The first kappa shape index (κ1) is 12.6. The molecule has 92 valence electrons. The summed E-state index contributed by atoms with van der Waals surface area (Å²) in [7, 11) is 0. The lowest BCUT2D eigenvalue weighted by Gasteiger charge is -2.13. The smallest absolute Gasteiger partial charge is 0.178 e. The Morgan fingerprint density at radius 2 is 2.24 bits per heavy atom. The molecule has 2 rings (SSSR count). The minimum atomic E-state index is -0.411. The van der Waals surface area contributed by atoms with E-state index in [1.165, 1.54) is 6.07 Å². The van der Waals surface area contributed by atoms with E-state index in [9.17, 15) is 4.39 Å². The number of H-pyrrole nitrogens is 1. The number of nitrogens with zero attached hydrogens (tertiary/aromatic N) is 1. The van der Waals surface area contributed by atoms with Crippen LogP contribution >= 0.6 is 23.8 Å². The van der Waals surface area contributed by atoms with E-state index in [1.54, 1.807) is 6.07 Å². The summed E-state index contributed by atoms with van der Waals surface area (Å²) in [6, 6.07) is 3.27. The van der Waals surface area contributed by atoms with Crippen LogP contribution in [0, 0.1) is 10.6 Å². The lowest BCUT2D eigenvalue weighted by molar-refractivity contribution is 0.506. The minimum absolute atomic E-state index is 0.115. The molecule has 0 radical (unpaired) electrons. The average molecular weight is 273 g/mol. The van der Waals surface area contributed by atoms with Gasteiger partial charge in [0.1, 0.15) is 5.82 Å². The van der Waals surface area contributed by atoms with Crippen LogP contribution < -0.4 is 0 Å². The lowest BCUT2D eigenvalue weighted by atomic mass is 10.2. The Kier molecular flexibility index (Phi) is 3.54. The minimum Gasteiger partial charge on any atom is -0.331 e. The second-order valence-corrected chi connectivity index (χ2v) is 5.02. The molecule has 17 heavy (non-hydrogen) atoms. The second-order valence-electron chi connectivity index (χ2n) is 4.22. The van der Waals surface area contributed by atoms with Crippen LogP contribution in [0.3, 0.4) is 0 Å². The van der Waals surface area contributed by atoms with Crippen molar-refractivity contribution in [3.05, 3.63) is 27.7 Å². The van der Waals surface area contributed by atoms with Crippen molar-refractivity contribution in [2.24, 2.45) is 0 Å². The third-order valence-electron chi connectivity index (χ3n) is 2.91. The second kappa shape index (κ2) is 4.78. The maximum atomic E-state index is 13.5. The molecule has 0 spiro atoms. The van der Waals surface area contributed by atoms with Gasteiger partial charge in [0, 0.05) is 12.1 Å². The van der Waals surface area contributed by atoms with Crippen molar-refractivity contribution >= 4 is 34.9 Å². The number of aromatic amines is 1. The molecule has 5 heteroatoms. The van der Waals surface area contributed by atoms with E-state index in [-0.39, 0.29) is 11.1 Å². The highest BCUT2D eigenvalue weighted by molar-refractivity contribution is 7.71. The Bertz CT molecular complexity index is 602. The fourth-order valence-electron chi connectivity index (χ4n) is 2.11. The SMILES string of the molecule is CCCC(C)n1c(=S)[nH]c2cc(Cl)c(F)cc21. The molecule has 0 aliphatic rings. The van der Waals surface area contributed by atoms with Gasteiger partial charge in [0.2, 0.25) is 0 Å². The number of hydrogen-bond donors (Lipinski definition) is 1. The third kappa shape index (κ3) is 2.24. The van der Waals surface area contributed by atoms with E-state index in [0.717, 1.165) is 23.9 Å². The zero-order valence-electron chi connectivity index (χ0n) is 9.76. The van der Waals surface area contributed by atoms with Crippen LogP contribution in [0.25, 0.3) is 11.0 Å².